The fraction of sp³-hybridized carbons (Fsp3) is 0.548. The standard InChI is InChI=1S/C31H47N3O3/c1-25(2)24-37-30(35)22-29(23-34(3,4)5)33-31(36)32-21-13-8-6-7-10-14-26-17-19-28(20-18-26)27-15-11-9-12-16-27/h9,11-12,15-20,25,29H,6-8,10,13-14,21-24H2,1-5H3,(H-,32,33,36)/p+1. The molecule has 0 aliphatic heterocycles. The largest absolute Gasteiger partial charge is 0.465 e. The summed E-state index contributed by atoms with van der Waals surface area (Å²) < 4.78 is 5.96. The highest BCUT2D eigenvalue weighted by molar-refractivity contribution is 5.76. The van der Waals surface area contributed by atoms with E-state index in [1.165, 1.54) is 29.5 Å². The number of nitrogens with one attached hydrogen (secondary N) is 2. The van der Waals surface area contributed by atoms with E-state index in [4.69, 9.17) is 4.74 Å². The summed E-state index contributed by atoms with van der Waals surface area (Å²) in [4.78, 5) is 24.6. The normalized spacial score (nSPS) is 12.3. The first kappa shape index (κ1) is 30.4. The van der Waals surface area contributed by atoms with Gasteiger partial charge in [0.15, 0.2) is 0 Å². The summed E-state index contributed by atoms with van der Waals surface area (Å²) in [5.41, 5.74) is 3.90. The second kappa shape index (κ2) is 16.1. The van der Waals surface area contributed by atoms with Gasteiger partial charge in [-0.25, -0.2) is 4.79 Å². The fourth-order valence-electron chi connectivity index (χ4n) is 4.26. The molecule has 0 aliphatic carbocycles. The number of nitrogens with zero attached hydrogens (tertiary/aromatic N) is 1. The molecule has 0 saturated carbocycles. The maximum absolute atomic E-state index is 12.4. The number of ether oxygens (including phenoxy) is 1. The molecular formula is C31H48N3O3+. The first-order valence-electron chi connectivity index (χ1n) is 13.8. The molecular weight excluding hydrogens is 462 g/mol. The van der Waals surface area contributed by atoms with Crippen molar-refractivity contribution in [3.05, 3.63) is 60.2 Å². The van der Waals surface area contributed by atoms with Crippen LogP contribution >= 0.6 is 0 Å². The Labute approximate surface area is 224 Å². The molecule has 2 rings (SSSR count). The minimum atomic E-state index is -0.264. The van der Waals surface area contributed by atoms with E-state index in [-0.39, 0.29) is 24.5 Å². The number of esters is 1. The first-order valence-corrected chi connectivity index (χ1v) is 13.8. The number of hydrogen-bond acceptors (Lipinski definition) is 3. The van der Waals surface area contributed by atoms with E-state index < -0.39 is 0 Å². The highest BCUT2D eigenvalue weighted by Gasteiger charge is 2.23. The smallest absolute Gasteiger partial charge is 0.315 e. The molecule has 0 spiro atoms. The van der Waals surface area contributed by atoms with E-state index in [9.17, 15) is 9.59 Å². The van der Waals surface area contributed by atoms with Crippen molar-refractivity contribution in [3.8, 4) is 11.1 Å². The number of quaternary nitrogens is 1. The Morgan fingerprint density at radius 2 is 1.46 bits per heavy atom. The lowest BCUT2D eigenvalue weighted by molar-refractivity contribution is -0.871. The topological polar surface area (TPSA) is 67.4 Å². The number of likely N-dealkylation sites (N-methyl/N-ethyl adjacent to an activating group) is 1. The number of rotatable bonds is 16. The van der Waals surface area contributed by atoms with Crippen LogP contribution in [0.4, 0.5) is 4.79 Å². The number of carbonyl (C=O) groups is 2. The maximum atomic E-state index is 12.4. The molecule has 37 heavy (non-hydrogen) atoms. The molecule has 0 saturated heterocycles. The molecule has 0 aromatic heterocycles. The van der Waals surface area contributed by atoms with Crippen LogP contribution in [-0.4, -0.2) is 63.4 Å². The number of amides is 2. The summed E-state index contributed by atoms with van der Waals surface area (Å²) in [6.07, 6.45) is 6.87. The van der Waals surface area contributed by atoms with E-state index in [1.807, 2.05) is 41.1 Å². The van der Waals surface area contributed by atoms with Gasteiger partial charge in [0.25, 0.3) is 0 Å². The number of hydrogen-bond donors (Lipinski definition) is 2. The average Bonchev–Trinajstić information content (AvgIpc) is 2.84. The molecule has 204 valence electrons. The molecule has 0 aliphatic rings. The molecule has 6 heteroatoms. The van der Waals surface area contributed by atoms with Gasteiger partial charge in [0.2, 0.25) is 0 Å². The van der Waals surface area contributed by atoms with Gasteiger partial charge in [-0.05, 0) is 41.9 Å². The quantitative estimate of drug-likeness (QED) is 0.170. The molecule has 2 aromatic rings. The Balaban J connectivity index is 1.59. The van der Waals surface area contributed by atoms with Crippen molar-refractivity contribution in [1.29, 1.82) is 0 Å². The minimum Gasteiger partial charge on any atom is -0.465 e. The van der Waals surface area contributed by atoms with Gasteiger partial charge in [-0.15, -0.1) is 0 Å². The Morgan fingerprint density at radius 1 is 0.838 bits per heavy atom. The second-order valence-corrected chi connectivity index (χ2v) is 11.4. The SMILES string of the molecule is CC(C)COC(=O)CC(C[N+](C)(C)C)NC(=O)NCCCCCCCc1ccc(-c2ccccc2)cc1. The van der Waals surface area contributed by atoms with Crippen LogP contribution in [0.5, 0.6) is 0 Å². The van der Waals surface area contributed by atoms with Crippen LogP contribution in [0.2, 0.25) is 0 Å². The molecule has 0 fully saturated rings. The molecule has 0 radical (unpaired) electrons. The van der Waals surface area contributed by atoms with Crippen LogP contribution in [0.3, 0.4) is 0 Å². The Hall–Kier alpha value is -2.86. The zero-order chi connectivity index (χ0) is 27.1. The molecule has 6 nitrogen and oxygen atoms in total. The molecule has 1 unspecified atom stereocenters. The van der Waals surface area contributed by atoms with Crippen molar-refractivity contribution in [3.63, 3.8) is 0 Å². The lowest BCUT2D eigenvalue weighted by Crippen LogP contribution is -2.52. The van der Waals surface area contributed by atoms with Crippen LogP contribution in [0.1, 0.15) is 57.9 Å². The molecule has 2 N–H and O–H groups in total. The van der Waals surface area contributed by atoms with E-state index >= 15 is 0 Å². The summed E-state index contributed by atoms with van der Waals surface area (Å²) >= 11 is 0. The van der Waals surface area contributed by atoms with Crippen molar-refractivity contribution >= 4 is 12.0 Å². The van der Waals surface area contributed by atoms with Crippen LogP contribution in [0.15, 0.2) is 54.6 Å². The van der Waals surface area contributed by atoms with E-state index in [1.54, 1.807) is 0 Å². The van der Waals surface area contributed by atoms with Crippen LogP contribution < -0.4 is 10.6 Å². The van der Waals surface area contributed by atoms with Crippen molar-refractivity contribution in [2.45, 2.75) is 64.8 Å². The Kier molecular flexibility index (Phi) is 13.2. The zero-order valence-electron chi connectivity index (χ0n) is 23.6. The van der Waals surface area contributed by atoms with E-state index in [0.717, 1.165) is 25.7 Å². The number of carbonyl (C=O) groups excluding carboxylic acids is 2. The third-order valence-corrected chi connectivity index (χ3v) is 6.08. The molecule has 1 atom stereocenters. The molecule has 2 aromatic carbocycles. The zero-order valence-corrected chi connectivity index (χ0v) is 23.6. The molecule has 2 amide bonds. The van der Waals surface area contributed by atoms with Crippen molar-refractivity contribution in [2.24, 2.45) is 5.92 Å². The number of aryl methyl sites for hydroxylation is 1. The monoisotopic (exact) mass is 510 g/mol. The number of unbranched alkanes of at least 4 members (excludes halogenated alkanes) is 4. The van der Waals surface area contributed by atoms with Gasteiger partial charge in [0.05, 0.1) is 46.8 Å². The third-order valence-electron chi connectivity index (χ3n) is 6.08. The van der Waals surface area contributed by atoms with Crippen LogP contribution in [-0.2, 0) is 16.0 Å². The lowest BCUT2D eigenvalue weighted by atomic mass is 10.0. The third kappa shape index (κ3) is 13.9. The summed E-state index contributed by atoms with van der Waals surface area (Å²) in [7, 11) is 6.14. The van der Waals surface area contributed by atoms with Crippen molar-refractivity contribution < 1.29 is 18.8 Å². The van der Waals surface area contributed by atoms with Gasteiger partial charge in [-0.1, -0.05) is 87.7 Å². The Bertz CT molecular complexity index is 921. The summed E-state index contributed by atoms with van der Waals surface area (Å²) in [5, 5.41) is 5.92. The predicted octanol–water partition coefficient (Wildman–Crippen LogP) is 5.81. The lowest BCUT2D eigenvalue weighted by Gasteiger charge is -2.29. The van der Waals surface area contributed by atoms with Gasteiger partial charge < -0.3 is 19.9 Å². The van der Waals surface area contributed by atoms with E-state index in [0.29, 0.717) is 30.1 Å². The van der Waals surface area contributed by atoms with Crippen molar-refractivity contribution in [2.75, 3.05) is 40.8 Å². The number of benzene rings is 2. The van der Waals surface area contributed by atoms with Crippen LogP contribution in [0, 0.1) is 5.92 Å². The average molecular weight is 511 g/mol. The van der Waals surface area contributed by atoms with Crippen LogP contribution in [0.25, 0.3) is 11.1 Å². The van der Waals surface area contributed by atoms with Gasteiger partial charge in [0.1, 0.15) is 0 Å². The van der Waals surface area contributed by atoms with Gasteiger partial charge in [0, 0.05) is 6.54 Å². The predicted molar refractivity (Wildman–Crippen MR) is 152 cm³/mol. The van der Waals surface area contributed by atoms with Gasteiger partial charge >= 0.3 is 12.0 Å². The fourth-order valence-corrected chi connectivity index (χ4v) is 4.26. The van der Waals surface area contributed by atoms with Gasteiger partial charge in [-0.3, -0.25) is 4.79 Å². The summed E-state index contributed by atoms with van der Waals surface area (Å²) in [6, 6.07) is 18.9. The maximum Gasteiger partial charge on any atom is 0.315 e. The Morgan fingerprint density at radius 3 is 2.11 bits per heavy atom. The summed E-state index contributed by atoms with van der Waals surface area (Å²) in [5.74, 6) is 0.0307. The minimum absolute atomic E-state index is 0.185. The van der Waals surface area contributed by atoms with E-state index in [2.05, 4.69) is 59.2 Å². The van der Waals surface area contributed by atoms with Crippen molar-refractivity contribution in [1.82, 2.24) is 10.6 Å². The number of urea groups is 1. The van der Waals surface area contributed by atoms with Gasteiger partial charge in [-0.2, -0.15) is 0 Å². The molecule has 0 heterocycles. The first-order chi connectivity index (χ1) is 17.6. The highest BCUT2D eigenvalue weighted by atomic mass is 16.5. The second-order valence-electron chi connectivity index (χ2n) is 11.4. The molecule has 0 bridgehead atoms. The highest BCUT2D eigenvalue weighted by Crippen LogP contribution is 2.20. The summed E-state index contributed by atoms with van der Waals surface area (Å²) in [6.45, 7) is 5.71.